The highest BCUT2D eigenvalue weighted by molar-refractivity contribution is 14.1. The Morgan fingerprint density at radius 1 is 1.20 bits per heavy atom. The number of methoxy groups -OCH3 is 1. The molecule has 0 spiro atoms. The van der Waals surface area contributed by atoms with Gasteiger partial charge in [-0.3, -0.25) is 4.79 Å². The molecule has 3 N–H and O–H groups in total. The number of hydrogen-bond acceptors (Lipinski definition) is 6. The van der Waals surface area contributed by atoms with E-state index in [-0.39, 0.29) is 17.4 Å². The first-order valence-electron chi connectivity index (χ1n) is 10.3. The van der Waals surface area contributed by atoms with Crippen LogP contribution in [0.3, 0.4) is 0 Å². The molecule has 11 heteroatoms. The summed E-state index contributed by atoms with van der Waals surface area (Å²) in [5.41, 5.74) is 4.88. The predicted molar refractivity (Wildman–Crippen MR) is 152 cm³/mol. The fourth-order valence-corrected chi connectivity index (χ4v) is 5.82. The lowest BCUT2D eigenvalue weighted by Crippen LogP contribution is -2.34. The Morgan fingerprint density at radius 3 is 2.66 bits per heavy atom. The van der Waals surface area contributed by atoms with E-state index in [1.807, 2.05) is 65.2 Å². The standard InChI is InChI=1S/C24H19I2N5O3S/c1-34-19-9-7-15(8-10-19)23-29-30-24(31(23)18-5-3-2-4-6-18)35-14-21(32)28-27-13-16-11-17(25)12-20(26)22(16)33/h2-13H,14H2,1H3,(H2,27,28,32,33)/p+1. The monoisotopic (exact) mass is 712 g/mol. The summed E-state index contributed by atoms with van der Waals surface area (Å²) >= 11 is 5.50. The van der Waals surface area contributed by atoms with Crippen molar-refractivity contribution in [3.05, 3.63) is 79.4 Å². The molecule has 4 aromatic rings. The van der Waals surface area contributed by atoms with Gasteiger partial charge in [0.2, 0.25) is 0 Å². The summed E-state index contributed by atoms with van der Waals surface area (Å²) in [5.74, 6) is 1.49. The van der Waals surface area contributed by atoms with Crippen LogP contribution in [0.1, 0.15) is 5.56 Å². The van der Waals surface area contributed by atoms with Crippen molar-refractivity contribution in [3.8, 4) is 28.6 Å². The number of phenolic OH excluding ortho intramolecular Hbond substituents is 1. The van der Waals surface area contributed by atoms with E-state index in [2.05, 4.69) is 65.9 Å². The number of rotatable bonds is 8. The average molecular weight is 712 g/mol. The van der Waals surface area contributed by atoms with E-state index in [1.54, 1.807) is 13.2 Å². The number of aromatic hydroxyl groups is 1. The first-order valence-corrected chi connectivity index (χ1v) is 13.4. The topological polar surface area (TPSA) is 103 Å². The molecule has 1 aromatic heterocycles. The first kappa shape index (κ1) is 25.4. The predicted octanol–water partition coefficient (Wildman–Crippen LogP) is 4.52. The molecule has 0 saturated heterocycles. The number of benzene rings is 3. The number of para-hydroxylation sites is 1. The number of carbonyl (C=O) groups is 1. The molecule has 0 aliphatic carbocycles. The Bertz CT molecular complexity index is 1360. The smallest absolute Gasteiger partial charge is 0.342 e. The molecule has 0 unspecified atom stereocenters. The molecule has 1 amide bonds. The van der Waals surface area contributed by atoms with E-state index in [0.29, 0.717) is 10.7 Å². The van der Waals surface area contributed by atoms with Crippen molar-refractivity contribution < 1.29 is 19.2 Å². The molecule has 0 aliphatic rings. The van der Waals surface area contributed by atoms with Gasteiger partial charge in [0.25, 0.3) is 11.7 Å². The van der Waals surface area contributed by atoms with Gasteiger partial charge in [-0.25, -0.2) is 5.43 Å². The molecule has 0 bridgehead atoms. The Morgan fingerprint density at radius 2 is 1.94 bits per heavy atom. The van der Waals surface area contributed by atoms with E-state index in [1.165, 1.54) is 18.0 Å². The van der Waals surface area contributed by atoms with Crippen molar-refractivity contribution >= 4 is 69.1 Å². The summed E-state index contributed by atoms with van der Waals surface area (Å²) < 4.78 is 8.91. The molecule has 0 fully saturated rings. The van der Waals surface area contributed by atoms with Crippen molar-refractivity contribution in [2.45, 2.75) is 5.16 Å². The minimum atomic E-state index is -0.292. The number of ether oxygens (including phenoxy) is 1. The van der Waals surface area contributed by atoms with Crippen LogP contribution in [0.5, 0.6) is 11.5 Å². The molecular weight excluding hydrogens is 692 g/mol. The summed E-state index contributed by atoms with van der Waals surface area (Å²) in [7, 11) is 1.63. The molecule has 0 atom stereocenters. The molecular formula is C24H20I2N5O3S+. The van der Waals surface area contributed by atoms with Gasteiger partial charge in [0.1, 0.15) is 17.2 Å². The lowest BCUT2D eigenvalue weighted by molar-refractivity contribution is -0.625. The second kappa shape index (κ2) is 11.9. The third-order valence-corrected chi connectivity index (χ3v) is 7.22. The summed E-state index contributed by atoms with van der Waals surface area (Å²) in [6.45, 7) is 0. The van der Waals surface area contributed by atoms with Crippen molar-refractivity contribution in [1.82, 2.24) is 15.6 Å². The molecule has 4 rings (SSSR count). The number of aromatic amines is 1. The normalized spacial score (nSPS) is 11.1. The number of aromatic nitrogens is 3. The summed E-state index contributed by atoms with van der Waals surface area (Å²) in [4.78, 5) is 12.4. The number of carbonyl (C=O) groups excluding carboxylic acids is 1. The lowest BCUT2D eigenvalue weighted by atomic mass is 10.2. The summed E-state index contributed by atoms with van der Waals surface area (Å²) in [6.07, 6.45) is 1.43. The van der Waals surface area contributed by atoms with Gasteiger partial charge < -0.3 is 9.84 Å². The molecule has 0 aliphatic heterocycles. The Kier molecular flexibility index (Phi) is 8.62. The highest BCUT2D eigenvalue weighted by atomic mass is 127. The van der Waals surface area contributed by atoms with Crippen LogP contribution >= 0.6 is 56.9 Å². The van der Waals surface area contributed by atoms with E-state index in [9.17, 15) is 9.90 Å². The number of amides is 1. The summed E-state index contributed by atoms with van der Waals surface area (Å²) in [6, 6.07) is 21.1. The number of H-pyrrole nitrogens is 1. The van der Waals surface area contributed by atoms with Crippen molar-refractivity contribution in [3.63, 3.8) is 0 Å². The molecule has 8 nitrogen and oxygen atoms in total. The van der Waals surface area contributed by atoms with E-state index in [4.69, 9.17) is 4.74 Å². The van der Waals surface area contributed by atoms with E-state index < -0.39 is 0 Å². The number of halogens is 2. The molecule has 1 heterocycles. The first-order chi connectivity index (χ1) is 17.0. The maximum absolute atomic E-state index is 12.4. The van der Waals surface area contributed by atoms with Crippen LogP contribution in [-0.4, -0.2) is 40.3 Å². The molecule has 0 radical (unpaired) electrons. The molecule has 3 aromatic carbocycles. The van der Waals surface area contributed by atoms with Gasteiger partial charge in [-0.05, 0) is 105 Å². The van der Waals surface area contributed by atoms with Crippen LogP contribution < -0.4 is 14.7 Å². The van der Waals surface area contributed by atoms with Crippen LogP contribution in [0.2, 0.25) is 0 Å². The highest BCUT2D eigenvalue weighted by Gasteiger charge is 2.24. The minimum absolute atomic E-state index is 0.104. The number of thioether (sulfide) groups is 1. The quantitative estimate of drug-likeness (QED) is 0.0821. The minimum Gasteiger partial charge on any atom is -0.506 e. The maximum atomic E-state index is 12.4. The van der Waals surface area contributed by atoms with Crippen LogP contribution in [-0.2, 0) is 4.79 Å². The lowest BCUT2D eigenvalue weighted by Gasteiger charge is -2.05. The second-order valence-corrected chi connectivity index (χ2v) is 10.5. The van der Waals surface area contributed by atoms with Crippen molar-refractivity contribution in [2.75, 3.05) is 12.9 Å². The number of phenols is 1. The maximum Gasteiger partial charge on any atom is 0.342 e. The van der Waals surface area contributed by atoms with E-state index in [0.717, 1.165) is 30.0 Å². The fourth-order valence-electron chi connectivity index (χ4n) is 3.17. The van der Waals surface area contributed by atoms with Gasteiger partial charge in [-0.15, -0.1) is 5.10 Å². The van der Waals surface area contributed by atoms with Crippen LogP contribution in [0.25, 0.3) is 17.1 Å². The van der Waals surface area contributed by atoms with Gasteiger partial charge in [-0.2, -0.15) is 9.67 Å². The highest BCUT2D eigenvalue weighted by Crippen LogP contribution is 2.26. The zero-order chi connectivity index (χ0) is 24.8. The average Bonchev–Trinajstić information content (AvgIpc) is 3.30. The molecule has 0 saturated carbocycles. The summed E-state index contributed by atoms with van der Waals surface area (Å²) in [5, 5.41) is 22.3. The van der Waals surface area contributed by atoms with E-state index >= 15 is 0 Å². The zero-order valence-corrected chi connectivity index (χ0v) is 23.5. The van der Waals surface area contributed by atoms with Crippen LogP contribution in [0, 0.1) is 7.14 Å². The van der Waals surface area contributed by atoms with Gasteiger partial charge >= 0.3 is 5.16 Å². The largest absolute Gasteiger partial charge is 0.506 e. The Hall–Kier alpha value is -2.65. The number of nitrogens with one attached hydrogen (secondary N) is 2. The number of hydrazone groups is 1. The van der Waals surface area contributed by atoms with Crippen molar-refractivity contribution in [2.24, 2.45) is 5.10 Å². The van der Waals surface area contributed by atoms with Gasteiger partial charge in [0.15, 0.2) is 0 Å². The Balaban J connectivity index is 1.50. The number of hydrogen-bond donors (Lipinski definition) is 3. The Labute approximate surface area is 233 Å². The number of nitrogens with zero attached hydrogens (tertiary/aromatic N) is 3. The van der Waals surface area contributed by atoms with Crippen molar-refractivity contribution in [1.29, 1.82) is 0 Å². The third kappa shape index (κ3) is 6.32. The second-order valence-electron chi connectivity index (χ2n) is 7.16. The fraction of sp³-hybridized carbons (Fsp3) is 0.0833. The molecule has 178 valence electrons. The van der Waals surface area contributed by atoms with Gasteiger partial charge in [0, 0.05) is 9.13 Å². The van der Waals surface area contributed by atoms with Crippen LogP contribution in [0.4, 0.5) is 0 Å². The molecule has 35 heavy (non-hydrogen) atoms. The van der Waals surface area contributed by atoms with Gasteiger partial charge in [0.05, 0.1) is 33.3 Å². The zero-order valence-electron chi connectivity index (χ0n) is 18.4. The SMILES string of the molecule is COc1ccc(-c2[nH]nc(SCC(=O)N/N=C/c3cc(I)cc(I)c3O)[n+]2-c2ccccc2)cc1. The van der Waals surface area contributed by atoms with Crippen LogP contribution in [0.15, 0.2) is 77.0 Å². The third-order valence-electron chi connectivity index (χ3n) is 4.83. The van der Waals surface area contributed by atoms with Gasteiger partial charge in [-0.1, -0.05) is 18.2 Å².